The van der Waals surface area contributed by atoms with E-state index < -0.39 is 0 Å². The standard InChI is InChI=1S/C18H22N4O3S/c1-13-9-15(20-25-13)11-21-5-2-6-22(8-7-21)18(26)19-14-3-4-16-17(10-14)24-12-23-16/h3-4,9-10H,2,5-8,11-12H2,1H3,(H,19,26). The second-order valence-electron chi connectivity index (χ2n) is 6.54. The van der Waals surface area contributed by atoms with Crippen LogP contribution in [0.4, 0.5) is 5.69 Å². The highest BCUT2D eigenvalue weighted by atomic mass is 32.1. The first-order chi connectivity index (χ1) is 12.7. The van der Waals surface area contributed by atoms with Gasteiger partial charge >= 0.3 is 0 Å². The molecule has 0 spiro atoms. The number of hydrogen-bond acceptors (Lipinski definition) is 6. The molecule has 138 valence electrons. The summed E-state index contributed by atoms with van der Waals surface area (Å²) in [5.41, 5.74) is 1.90. The van der Waals surface area contributed by atoms with Crippen LogP contribution in [0.5, 0.6) is 11.5 Å². The van der Waals surface area contributed by atoms with Gasteiger partial charge in [-0.3, -0.25) is 4.90 Å². The van der Waals surface area contributed by atoms with Crippen LogP contribution in [0.25, 0.3) is 0 Å². The lowest BCUT2D eigenvalue weighted by atomic mass is 10.3. The molecule has 0 aliphatic carbocycles. The molecule has 4 rings (SSSR count). The highest BCUT2D eigenvalue weighted by Gasteiger charge is 2.19. The van der Waals surface area contributed by atoms with Crippen molar-refractivity contribution in [3.8, 4) is 11.5 Å². The van der Waals surface area contributed by atoms with Gasteiger partial charge in [0.25, 0.3) is 0 Å². The van der Waals surface area contributed by atoms with Crippen LogP contribution in [-0.2, 0) is 6.54 Å². The first kappa shape index (κ1) is 17.1. The van der Waals surface area contributed by atoms with Gasteiger partial charge in [0.1, 0.15) is 5.76 Å². The summed E-state index contributed by atoms with van der Waals surface area (Å²) in [6.07, 6.45) is 1.06. The largest absolute Gasteiger partial charge is 0.454 e. The first-order valence-corrected chi connectivity index (χ1v) is 9.18. The van der Waals surface area contributed by atoms with Gasteiger partial charge in [0.15, 0.2) is 16.6 Å². The molecule has 8 heteroatoms. The molecule has 3 heterocycles. The Bertz CT molecular complexity index is 794. The molecule has 1 aromatic heterocycles. The number of thiocarbonyl (C=S) groups is 1. The Hall–Kier alpha value is -2.32. The molecule has 0 amide bonds. The van der Waals surface area contributed by atoms with Crippen molar-refractivity contribution in [2.24, 2.45) is 0 Å². The molecule has 1 saturated heterocycles. The number of ether oxygens (including phenoxy) is 2. The Labute approximate surface area is 157 Å². The van der Waals surface area contributed by atoms with Crippen molar-refractivity contribution < 1.29 is 14.0 Å². The zero-order valence-corrected chi connectivity index (χ0v) is 15.6. The topological polar surface area (TPSA) is 63.0 Å². The van der Waals surface area contributed by atoms with E-state index >= 15 is 0 Å². The lowest BCUT2D eigenvalue weighted by Gasteiger charge is -2.24. The van der Waals surface area contributed by atoms with Crippen molar-refractivity contribution in [2.45, 2.75) is 19.9 Å². The van der Waals surface area contributed by atoms with E-state index in [1.54, 1.807) is 0 Å². The van der Waals surface area contributed by atoms with Gasteiger partial charge in [-0.2, -0.15) is 0 Å². The molecule has 2 aliphatic heterocycles. The molecule has 0 bridgehead atoms. The van der Waals surface area contributed by atoms with Gasteiger partial charge in [-0.1, -0.05) is 5.16 Å². The van der Waals surface area contributed by atoms with E-state index in [4.69, 9.17) is 26.2 Å². The highest BCUT2D eigenvalue weighted by molar-refractivity contribution is 7.80. The van der Waals surface area contributed by atoms with Crippen LogP contribution in [0.1, 0.15) is 17.9 Å². The predicted octanol–water partition coefficient (Wildman–Crippen LogP) is 2.62. The van der Waals surface area contributed by atoms with Gasteiger partial charge < -0.3 is 24.2 Å². The molecule has 2 aliphatic rings. The Morgan fingerprint density at radius 3 is 2.88 bits per heavy atom. The van der Waals surface area contributed by atoms with Gasteiger partial charge in [-0.25, -0.2) is 0 Å². The molecule has 0 unspecified atom stereocenters. The predicted molar refractivity (Wildman–Crippen MR) is 101 cm³/mol. The molecule has 7 nitrogen and oxygen atoms in total. The Morgan fingerprint density at radius 1 is 1.15 bits per heavy atom. The van der Waals surface area contributed by atoms with Crippen molar-refractivity contribution in [1.29, 1.82) is 0 Å². The molecule has 2 aromatic rings. The SMILES string of the molecule is Cc1cc(CN2CCCN(C(=S)Nc3ccc4c(c3)OCO4)CC2)no1. The number of fused-ring (bicyclic) bond motifs is 1. The number of anilines is 1. The van der Waals surface area contributed by atoms with Crippen LogP contribution < -0.4 is 14.8 Å². The maximum atomic E-state index is 5.61. The second-order valence-corrected chi connectivity index (χ2v) is 6.93. The lowest BCUT2D eigenvalue weighted by molar-refractivity contribution is 0.174. The average Bonchev–Trinajstić information content (AvgIpc) is 3.18. The highest BCUT2D eigenvalue weighted by Crippen LogP contribution is 2.34. The van der Waals surface area contributed by atoms with E-state index in [1.807, 2.05) is 31.2 Å². The quantitative estimate of drug-likeness (QED) is 0.823. The van der Waals surface area contributed by atoms with Gasteiger partial charge in [0, 0.05) is 50.5 Å². The summed E-state index contributed by atoms with van der Waals surface area (Å²) in [5, 5.41) is 8.14. The number of aromatic nitrogens is 1. The second kappa shape index (κ2) is 7.51. The maximum absolute atomic E-state index is 5.61. The molecule has 0 saturated carbocycles. The fraction of sp³-hybridized carbons (Fsp3) is 0.444. The maximum Gasteiger partial charge on any atom is 0.231 e. The molecule has 1 N–H and O–H groups in total. The van der Waals surface area contributed by atoms with Crippen LogP contribution in [0.3, 0.4) is 0 Å². The third-order valence-electron chi connectivity index (χ3n) is 4.56. The Kier molecular flexibility index (Phi) is 4.94. The summed E-state index contributed by atoms with van der Waals surface area (Å²) in [6, 6.07) is 7.77. The normalized spacial score (nSPS) is 17.2. The Morgan fingerprint density at radius 2 is 2.04 bits per heavy atom. The van der Waals surface area contributed by atoms with E-state index in [0.717, 1.165) is 72.9 Å². The molecule has 26 heavy (non-hydrogen) atoms. The number of nitrogens with one attached hydrogen (secondary N) is 1. The third-order valence-corrected chi connectivity index (χ3v) is 4.92. The first-order valence-electron chi connectivity index (χ1n) is 8.77. The average molecular weight is 374 g/mol. The monoisotopic (exact) mass is 374 g/mol. The number of nitrogens with zero attached hydrogens (tertiary/aromatic N) is 3. The summed E-state index contributed by atoms with van der Waals surface area (Å²) >= 11 is 5.61. The van der Waals surface area contributed by atoms with Crippen molar-refractivity contribution >= 4 is 23.0 Å². The van der Waals surface area contributed by atoms with Gasteiger partial charge in [0.05, 0.1) is 5.69 Å². The van der Waals surface area contributed by atoms with Crippen LogP contribution in [0, 0.1) is 6.92 Å². The van der Waals surface area contributed by atoms with Crippen molar-refractivity contribution in [3.05, 3.63) is 35.7 Å². The minimum atomic E-state index is 0.274. The van der Waals surface area contributed by atoms with Crippen LogP contribution in [0.2, 0.25) is 0 Å². The zero-order chi connectivity index (χ0) is 17.9. The van der Waals surface area contributed by atoms with Gasteiger partial charge in [-0.15, -0.1) is 0 Å². The lowest BCUT2D eigenvalue weighted by Crippen LogP contribution is -2.37. The molecular formula is C18H22N4O3S. The summed E-state index contributed by atoms with van der Waals surface area (Å²) in [6.45, 7) is 6.78. The van der Waals surface area contributed by atoms with E-state index in [9.17, 15) is 0 Å². The van der Waals surface area contributed by atoms with Crippen molar-refractivity contribution in [2.75, 3.05) is 38.3 Å². The molecule has 0 radical (unpaired) electrons. The van der Waals surface area contributed by atoms with Crippen molar-refractivity contribution in [3.63, 3.8) is 0 Å². The van der Waals surface area contributed by atoms with E-state index in [1.165, 1.54) is 0 Å². The minimum Gasteiger partial charge on any atom is -0.454 e. The van der Waals surface area contributed by atoms with Gasteiger partial charge in [0.2, 0.25) is 6.79 Å². The smallest absolute Gasteiger partial charge is 0.231 e. The molecule has 0 atom stereocenters. The molecular weight excluding hydrogens is 352 g/mol. The van der Waals surface area contributed by atoms with Crippen LogP contribution >= 0.6 is 12.2 Å². The minimum absolute atomic E-state index is 0.274. The summed E-state index contributed by atoms with van der Waals surface area (Å²) < 4.78 is 15.9. The molecule has 1 fully saturated rings. The van der Waals surface area contributed by atoms with Crippen LogP contribution in [0.15, 0.2) is 28.8 Å². The molecule has 1 aromatic carbocycles. The van der Waals surface area contributed by atoms with Crippen LogP contribution in [-0.4, -0.2) is 53.0 Å². The van der Waals surface area contributed by atoms with E-state index in [-0.39, 0.29) is 6.79 Å². The van der Waals surface area contributed by atoms with Crippen molar-refractivity contribution in [1.82, 2.24) is 15.0 Å². The summed E-state index contributed by atoms with van der Waals surface area (Å²) in [4.78, 5) is 4.61. The number of hydrogen-bond donors (Lipinski definition) is 1. The fourth-order valence-electron chi connectivity index (χ4n) is 3.23. The van der Waals surface area contributed by atoms with Gasteiger partial charge in [-0.05, 0) is 37.7 Å². The summed E-state index contributed by atoms with van der Waals surface area (Å²) in [5.74, 6) is 2.38. The number of rotatable bonds is 3. The fourth-order valence-corrected chi connectivity index (χ4v) is 3.53. The zero-order valence-electron chi connectivity index (χ0n) is 14.7. The third kappa shape index (κ3) is 3.91. The number of aryl methyl sites for hydroxylation is 1. The number of benzene rings is 1. The van der Waals surface area contributed by atoms with E-state index in [0.29, 0.717) is 0 Å². The summed E-state index contributed by atoms with van der Waals surface area (Å²) in [7, 11) is 0. The van der Waals surface area contributed by atoms with E-state index in [2.05, 4.69) is 20.3 Å². The Balaban J connectivity index is 1.32.